The number of benzene rings is 1. The normalized spacial score (nSPS) is 12.5. The van der Waals surface area contributed by atoms with Crippen LogP contribution in [0.4, 0.5) is 0 Å². The molecule has 0 aliphatic rings. The molecule has 8 nitrogen and oxygen atoms in total. The summed E-state index contributed by atoms with van der Waals surface area (Å²) in [6.07, 6.45) is 0.362. The first-order chi connectivity index (χ1) is 15.6. The number of nitrogens with one attached hydrogen (secondary N) is 1. The molecular weight excluding hydrogens is 438 g/mol. The predicted octanol–water partition coefficient (Wildman–Crippen LogP) is 3.21. The first-order valence-corrected chi connectivity index (χ1v) is 11.4. The van der Waals surface area contributed by atoms with E-state index in [0.717, 1.165) is 11.1 Å². The molecule has 1 aromatic heterocycles. The molecule has 1 aromatic carbocycles. The number of carbonyl (C=O) groups excluding carboxylic acids is 1. The van der Waals surface area contributed by atoms with Crippen molar-refractivity contribution in [1.29, 1.82) is 10.5 Å². The van der Waals surface area contributed by atoms with Gasteiger partial charge < -0.3 is 16.2 Å². The van der Waals surface area contributed by atoms with E-state index < -0.39 is 17.4 Å². The van der Waals surface area contributed by atoms with Crippen LogP contribution in [0.25, 0.3) is 0 Å². The smallest absolute Gasteiger partial charge is 0.330 e. The average Bonchev–Trinajstić information content (AvgIpc) is 2.79. The third kappa shape index (κ3) is 5.51. The highest BCUT2D eigenvalue weighted by Gasteiger charge is 2.44. The molecule has 0 radical (unpaired) electrons. The van der Waals surface area contributed by atoms with Crippen molar-refractivity contribution in [2.24, 2.45) is 11.7 Å². The SMILES string of the molecule is CCc1c(C#N)c(SCc2ccc(CNC(C)=O)cc2)nc([C@](N)(C(=O)O)C(C)C)c1C#N. The number of thioether (sulfide) groups is 1. The summed E-state index contributed by atoms with van der Waals surface area (Å²) >= 11 is 1.29. The molecule has 0 saturated heterocycles. The lowest BCUT2D eigenvalue weighted by Crippen LogP contribution is -2.50. The summed E-state index contributed by atoms with van der Waals surface area (Å²) in [7, 11) is 0. The Labute approximate surface area is 197 Å². The fraction of sp³-hybridized carbons (Fsp3) is 0.375. The number of carboxylic acid groups (broad SMARTS) is 1. The number of pyridine rings is 1. The van der Waals surface area contributed by atoms with Crippen LogP contribution in [0.1, 0.15) is 61.2 Å². The maximum Gasteiger partial charge on any atom is 0.330 e. The number of aliphatic carboxylic acids is 1. The minimum Gasteiger partial charge on any atom is -0.480 e. The molecular formula is C24H27N5O3S. The number of carbonyl (C=O) groups is 2. The fourth-order valence-corrected chi connectivity index (χ4v) is 4.32. The van der Waals surface area contributed by atoms with E-state index in [1.54, 1.807) is 20.8 Å². The number of hydrogen-bond donors (Lipinski definition) is 3. The monoisotopic (exact) mass is 465 g/mol. The second-order valence-corrected chi connectivity index (χ2v) is 8.88. The maximum absolute atomic E-state index is 12.1. The molecule has 1 heterocycles. The van der Waals surface area contributed by atoms with Crippen molar-refractivity contribution < 1.29 is 14.7 Å². The predicted molar refractivity (Wildman–Crippen MR) is 125 cm³/mol. The van der Waals surface area contributed by atoms with Crippen LogP contribution < -0.4 is 11.1 Å². The zero-order chi connectivity index (χ0) is 24.8. The van der Waals surface area contributed by atoms with E-state index in [-0.39, 0.29) is 22.7 Å². The average molecular weight is 466 g/mol. The number of nitrogens with two attached hydrogens (primary N) is 1. The number of nitriles is 2. The molecule has 0 aliphatic carbocycles. The molecule has 33 heavy (non-hydrogen) atoms. The van der Waals surface area contributed by atoms with Crippen molar-refractivity contribution in [1.82, 2.24) is 10.3 Å². The Kier molecular flexibility index (Phi) is 8.58. The summed E-state index contributed by atoms with van der Waals surface area (Å²) in [5.74, 6) is -1.45. The van der Waals surface area contributed by atoms with Crippen LogP contribution in [0.5, 0.6) is 0 Å². The maximum atomic E-state index is 12.1. The minimum absolute atomic E-state index is 0.0171. The lowest BCUT2D eigenvalue weighted by molar-refractivity contribution is -0.145. The second kappa shape index (κ2) is 11.0. The molecule has 0 aliphatic heterocycles. The number of hydrogen-bond acceptors (Lipinski definition) is 7. The van der Waals surface area contributed by atoms with Gasteiger partial charge in [0.15, 0.2) is 5.54 Å². The molecule has 9 heteroatoms. The first kappa shape index (κ1) is 25.9. The minimum atomic E-state index is -1.87. The summed E-state index contributed by atoms with van der Waals surface area (Å²) in [4.78, 5) is 27.7. The van der Waals surface area contributed by atoms with Crippen LogP contribution in [0.3, 0.4) is 0 Å². The van der Waals surface area contributed by atoms with Gasteiger partial charge in [0.2, 0.25) is 5.91 Å². The van der Waals surface area contributed by atoms with Gasteiger partial charge in [0, 0.05) is 19.2 Å². The van der Waals surface area contributed by atoms with Gasteiger partial charge in [0.1, 0.15) is 17.2 Å². The van der Waals surface area contributed by atoms with Crippen molar-refractivity contribution in [3.05, 3.63) is 57.8 Å². The van der Waals surface area contributed by atoms with Gasteiger partial charge in [-0.2, -0.15) is 10.5 Å². The lowest BCUT2D eigenvalue weighted by atomic mass is 9.80. The third-order valence-electron chi connectivity index (χ3n) is 5.44. The van der Waals surface area contributed by atoms with Gasteiger partial charge in [0.25, 0.3) is 0 Å². The highest BCUT2D eigenvalue weighted by Crippen LogP contribution is 2.36. The van der Waals surface area contributed by atoms with Gasteiger partial charge in [-0.3, -0.25) is 4.79 Å². The summed E-state index contributed by atoms with van der Waals surface area (Å²) in [6.45, 7) is 7.02. The Morgan fingerprint density at radius 2 is 1.76 bits per heavy atom. The lowest BCUT2D eigenvalue weighted by Gasteiger charge is -2.30. The number of amides is 1. The molecule has 0 saturated carbocycles. The van der Waals surface area contributed by atoms with Crippen LogP contribution in [-0.2, 0) is 33.8 Å². The van der Waals surface area contributed by atoms with E-state index in [4.69, 9.17) is 5.73 Å². The van der Waals surface area contributed by atoms with Gasteiger partial charge in [-0.25, -0.2) is 9.78 Å². The largest absolute Gasteiger partial charge is 0.480 e. The molecule has 4 N–H and O–H groups in total. The molecule has 0 spiro atoms. The topological polar surface area (TPSA) is 153 Å². The zero-order valence-electron chi connectivity index (χ0n) is 19.1. The summed E-state index contributed by atoms with van der Waals surface area (Å²) in [6, 6.07) is 11.8. The first-order valence-electron chi connectivity index (χ1n) is 10.4. The number of nitrogens with zero attached hydrogens (tertiary/aromatic N) is 3. The van der Waals surface area contributed by atoms with Crippen LogP contribution in [-0.4, -0.2) is 22.0 Å². The van der Waals surface area contributed by atoms with E-state index in [1.807, 2.05) is 30.3 Å². The van der Waals surface area contributed by atoms with Crippen LogP contribution in [0, 0.1) is 28.6 Å². The van der Waals surface area contributed by atoms with Gasteiger partial charge in [-0.15, -0.1) is 11.8 Å². The number of carboxylic acids is 1. The summed E-state index contributed by atoms with van der Waals surface area (Å²) in [5.41, 5.74) is 7.10. The second-order valence-electron chi connectivity index (χ2n) is 7.92. The van der Waals surface area contributed by atoms with Gasteiger partial charge in [0.05, 0.1) is 16.8 Å². The Morgan fingerprint density at radius 3 is 2.21 bits per heavy atom. The molecule has 1 atom stereocenters. The zero-order valence-corrected chi connectivity index (χ0v) is 19.9. The Morgan fingerprint density at radius 1 is 1.18 bits per heavy atom. The van der Waals surface area contributed by atoms with Crippen molar-refractivity contribution in [2.75, 3.05) is 0 Å². The van der Waals surface area contributed by atoms with Crippen molar-refractivity contribution >= 4 is 23.6 Å². The van der Waals surface area contributed by atoms with Crippen LogP contribution in [0.15, 0.2) is 29.3 Å². The van der Waals surface area contributed by atoms with E-state index >= 15 is 0 Å². The van der Waals surface area contributed by atoms with E-state index in [9.17, 15) is 25.2 Å². The third-order valence-corrected chi connectivity index (χ3v) is 6.49. The molecule has 2 aromatic rings. The highest BCUT2D eigenvalue weighted by atomic mass is 32.2. The Hall–Kier alpha value is -3.40. The van der Waals surface area contributed by atoms with Gasteiger partial charge >= 0.3 is 5.97 Å². The standard InChI is InChI=1S/C24H27N5O3S/c1-5-18-19(10-25)21(24(27,14(2)3)23(31)32)29-22(20(18)11-26)33-13-17-8-6-16(7-9-17)12-28-15(4)30/h6-9,14H,5,12-13,27H2,1-4H3,(H,28,30)(H,31,32)/t24-/m0/s1. The van der Waals surface area contributed by atoms with Crippen LogP contribution in [0.2, 0.25) is 0 Å². The van der Waals surface area contributed by atoms with E-state index in [0.29, 0.717) is 29.3 Å². The van der Waals surface area contributed by atoms with Gasteiger partial charge in [-0.1, -0.05) is 45.0 Å². The molecule has 1 amide bonds. The number of rotatable bonds is 9. The van der Waals surface area contributed by atoms with Crippen molar-refractivity contribution in [3.63, 3.8) is 0 Å². The summed E-state index contributed by atoms with van der Waals surface area (Å²) in [5, 5.41) is 32.6. The van der Waals surface area contributed by atoms with E-state index in [1.165, 1.54) is 18.7 Å². The highest BCUT2D eigenvalue weighted by molar-refractivity contribution is 7.98. The molecule has 2 rings (SSSR count). The fourth-order valence-electron chi connectivity index (χ4n) is 3.36. The van der Waals surface area contributed by atoms with Crippen molar-refractivity contribution in [3.8, 4) is 12.1 Å². The molecule has 0 unspecified atom stereocenters. The quantitative estimate of drug-likeness (QED) is 0.477. The number of aromatic nitrogens is 1. The van der Waals surface area contributed by atoms with E-state index in [2.05, 4.69) is 16.4 Å². The molecule has 0 bridgehead atoms. The Bertz CT molecular complexity index is 1130. The summed E-state index contributed by atoms with van der Waals surface area (Å²) < 4.78 is 0. The Balaban J connectivity index is 2.49. The van der Waals surface area contributed by atoms with Crippen molar-refractivity contribution in [2.45, 2.75) is 57.0 Å². The van der Waals surface area contributed by atoms with Crippen LogP contribution >= 0.6 is 11.8 Å². The molecule has 172 valence electrons. The molecule has 0 fully saturated rings. The van der Waals surface area contributed by atoms with Gasteiger partial charge in [-0.05, 0) is 29.0 Å².